The van der Waals surface area contributed by atoms with Crippen molar-refractivity contribution in [1.82, 2.24) is 10.3 Å². The fourth-order valence-corrected chi connectivity index (χ4v) is 1.70. The Kier molecular flexibility index (Phi) is 5.51. The van der Waals surface area contributed by atoms with E-state index in [-0.39, 0.29) is 5.91 Å². The van der Waals surface area contributed by atoms with Crippen LogP contribution in [0.2, 0.25) is 0 Å². The van der Waals surface area contributed by atoms with Gasteiger partial charge >= 0.3 is 0 Å². The van der Waals surface area contributed by atoms with Crippen LogP contribution < -0.4 is 10.3 Å². The van der Waals surface area contributed by atoms with Crippen LogP contribution in [0.25, 0.3) is 0 Å². The molecule has 0 fully saturated rings. The van der Waals surface area contributed by atoms with E-state index in [1.165, 1.54) is 11.9 Å². The van der Waals surface area contributed by atoms with E-state index < -0.39 is 0 Å². The van der Waals surface area contributed by atoms with Crippen LogP contribution in [0.4, 0.5) is 0 Å². The Hall–Kier alpha value is -0.650. The highest BCUT2D eigenvalue weighted by Crippen LogP contribution is 2.02. The van der Waals surface area contributed by atoms with Crippen LogP contribution >= 0.6 is 23.7 Å². The summed E-state index contributed by atoms with van der Waals surface area (Å²) in [5.41, 5.74) is 3.25. The molecule has 0 spiro atoms. The van der Waals surface area contributed by atoms with Gasteiger partial charge in [-0.15, -0.1) is 0 Å². The van der Waals surface area contributed by atoms with E-state index in [4.69, 9.17) is 0 Å². The molecular weight excluding hydrogens is 216 g/mol. The van der Waals surface area contributed by atoms with Crippen LogP contribution in [0.3, 0.4) is 0 Å². The second-order valence-corrected chi connectivity index (χ2v) is 4.49. The van der Waals surface area contributed by atoms with E-state index >= 15 is 0 Å². The summed E-state index contributed by atoms with van der Waals surface area (Å²) in [5, 5.41) is 0.898. The molecule has 2 N–H and O–H groups in total. The summed E-state index contributed by atoms with van der Waals surface area (Å²) in [6, 6.07) is 9.10. The maximum Gasteiger partial charge on any atom is 0.266 e. The summed E-state index contributed by atoms with van der Waals surface area (Å²) in [5.74, 6) is -0.112. The summed E-state index contributed by atoms with van der Waals surface area (Å²) in [7, 11) is 0. The summed E-state index contributed by atoms with van der Waals surface area (Å²) in [6.07, 6.45) is 2.01. The quantitative estimate of drug-likeness (QED) is 0.349. The van der Waals surface area contributed by atoms with Gasteiger partial charge in [0, 0.05) is 5.56 Å². The first-order valence-electron chi connectivity index (χ1n) is 4.05. The molecule has 0 bridgehead atoms. The van der Waals surface area contributed by atoms with Crippen LogP contribution in [0, 0.1) is 0 Å². The van der Waals surface area contributed by atoms with Crippen LogP contribution in [-0.2, 0) is 0 Å². The minimum atomic E-state index is -0.112. The van der Waals surface area contributed by atoms with E-state index in [0.29, 0.717) is 5.56 Å². The Morgan fingerprint density at radius 3 is 2.71 bits per heavy atom. The first-order chi connectivity index (χ1) is 6.84. The summed E-state index contributed by atoms with van der Waals surface area (Å²) < 4.78 is 0. The minimum absolute atomic E-state index is 0.112. The molecule has 0 heterocycles. The van der Waals surface area contributed by atoms with Gasteiger partial charge in [0.15, 0.2) is 0 Å². The third-order valence-electron chi connectivity index (χ3n) is 1.45. The maximum atomic E-state index is 11.4. The number of thioether (sulfide) groups is 1. The predicted octanol–water partition coefficient (Wildman–Crippen LogP) is 1.89. The number of benzene rings is 1. The molecule has 1 amide bonds. The molecule has 1 aromatic rings. The Balaban J connectivity index is 2.29. The number of amides is 1. The van der Waals surface area contributed by atoms with Gasteiger partial charge in [0.2, 0.25) is 0 Å². The Bertz CT molecular complexity index is 279. The van der Waals surface area contributed by atoms with Crippen molar-refractivity contribution in [2.75, 3.05) is 11.3 Å². The Morgan fingerprint density at radius 1 is 1.36 bits per heavy atom. The van der Waals surface area contributed by atoms with Crippen molar-refractivity contribution in [2.24, 2.45) is 0 Å². The van der Waals surface area contributed by atoms with E-state index in [1.54, 1.807) is 23.9 Å². The van der Waals surface area contributed by atoms with Crippen molar-refractivity contribution in [2.45, 2.75) is 0 Å². The van der Waals surface area contributed by atoms with Crippen LogP contribution in [0.5, 0.6) is 0 Å². The highest BCUT2D eigenvalue weighted by molar-refractivity contribution is 8.14. The monoisotopic (exact) mass is 228 g/mol. The van der Waals surface area contributed by atoms with Crippen molar-refractivity contribution in [3.8, 4) is 0 Å². The first-order valence-corrected chi connectivity index (χ1v) is 6.43. The summed E-state index contributed by atoms with van der Waals surface area (Å²) in [6.45, 7) is 0. The van der Waals surface area contributed by atoms with Gasteiger partial charge in [-0.25, -0.2) is 0 Å². The number of hydrogen-bond acceptors (Lipinski definition) is 4. The predicted molar refractivity (Wildman–Crippen MR) is 63.0 cm³/mol. The van der Waals surface area contributed by atoms with Gasteiger partial charge < -0.3 is 0 Å². The average molecular weight is 228 g/mol. The number of hydrogen-bond donors (Lipinski definition) is 2. The van der Waals surface area contributed by atoms with Crippen molar-refractivity contribution >= 4 is 29.6 Å². The number of nitrogens with one attached hydrogen (secondary N) is 2. The lowest BCUT2D eigenvalue weighted by atomic mass is 10.2. The van der Waals surface area contributed by atoms with Crippen molar-refractivity contribution in [3.63, 3.8) is 0 Å². The smallest absolute Gasteiger partial charge is 0.266 e. The molecule has 76 valence electrons. The molecule has 0 unspecified atom stereocenters. The van der Waals surface area contributed by atoms with Gasteiger partial charge in [-0.2, -0.15) is 16.6 Å². The molecule has 0 atom stereocenters. The van der Waals surface area contributed by atoms with Gasteiger partial charge in [0.05, 0.1) is 5.08 Å². The lowest BCUT2D eigenvalue weighted by molar-refractivity contribution is 0.0947. The molecule has 0 saturated heterocycles. The molecule has 0 aliphatic rings. The maximum absolute atomic E-state index is 11.4. The zero-order valence-electron chi connectivity index (χ0n) is 7.82. The van der Waals surface area contributed by atoms with E-state index in [9.17, 15) is 4.79 Å². The molecule has 1 rings (SSSR count). The van der Waals surface area contributed by atoms with Crippen molar-refractivity contribution in [1.29, 1.82) is 0 Å². The topological polar surface area (TPSA) is 41.1 Å². The van der Waals surface area contributed by atoms with Crippen LogP contribution in [0.15, 0.2) is 30.3 Å². The number of carbonyl (C=O) groups is 1. The summed E-state index contributed by atoms with van der Waals surface area (Å²) in [4.78, 5) is 14.2. The molecule has 1 aromatic carbocycles. The molecule has 0 saturated carbocycles. The van der Waals surface area contributed by atoms with Gasteiger partial charge in [-0.1, -0.05) is 30.1 Å². The lowest BCUT2D eigenvalue weighted by Crippen LogP contribution is -2.32. The first kappa shape index (κ1) is 11.4. The molecule has 0 aliphatic carbocycles. The number of rotatable bonds is 5. The zero-order chi connectivity index (χ0) is 10.2. The van der Waals surface area contributed by atoms with Crippen molar-refractivity contribution in [3.05, 3.63) is 35.9 Å². The Labute approximate surface area is 92.1 Å². The van der Waals surface area contributed by atoms with E-state index in [2.05, 4.69) is 10.3 Å². The molecule has 0 radical (unpaired) electrons. The molecule has 14 heavy (non-hydrogen) atoms. The van der Waals surface area contributed by atoms with Gasteiger partial charge in [0.1, 0.15) is 0 Å². The fourth-order valence-electron chi connectivity index (χ4n) is 0.833. The normalized spacial score (nSPS) is 9.79. The van der Waals surface area contributed by atoms with Crippen LogP contribution in [-0.4, -0.2) is 17.2 Å². The largest absolute Gasteiger partial charge is 0.278 e. The zero-order valence-corrected chi connectivity index (χ0v) is 9.45. The van der Waals surface area contributed by atoms with E-state index in [1.807, 2.05) is 24.5 Å². The fraction of sp³-hybridized carbons (Fsp3) is 0.222. The van der Waals surface area contributed by atoms with Crippen molar-refractivity contribution < 1.29 is 4.79 Å². The lowest BCUT2D eigenvalue weighted by Gasteiger charge is -2.04. The second-order valence-electron chi connectivity index (χ2n) is 2.47. The standard InChI is InChI=1S/C9H12N2OS2/c1-13-7-14-11-10-9(12)8-5-3-2-4-6-8/h2-6,11H,7H2,1H3,(H,10,12). The second kappa shape index (κ2) is 6.75. The third-order valence-corrected chi connectivity index (χ3v) is 3.11. The van der Waals surface area contributed by atoms with Crippen LogP contribution in [0.1, 0.15) is 10.4 Å². The Morgan fingerprint density at radius 2 is 2.07 bits per heavy atom. The van der Waals surface area contributed by atoms with Gasteiger partial charge in [-0.05, 0) is 18.4 Å². The SMILES string of the molecule is CSCSNNC(=O)c1ccccc1. The summed E-state index contributed by atoms with van der Waals surface area (Å²) >= 11 is 3.16. The molecular formula is C9H12N2OS2. The molecule has 0 aromatic heterocycles. The highest BCUT2D eigenvalue weighted by atomic mass is 32.2. The number of hydrazine groups is 1. The van der Waals surface area contributed by atoms with Gasteiger partial charge in [0.25, 0.3) is 5.91 Å². The average Bonchev–Trinajstić information content (AvgIpc) is 2.25. The van der Waals surface area contributed by atoms with Gasteiger partial charge in [-0.3, -0.25) is 10.2 Å². The minimum Gasteiger partial charge on any atom is -0.278 e. The molecule has 0 aliphatic heterocycles. The van der Waals surface area contributed by atoms with E-state index in [0.717, 1.165) is 5.08 Å². The third kappa shape index (κ3) is 4.04. The molecule has 3 nitrogen and oxygen atoms in total. The number of carbonyl (C=O) groups excluding carboxylic acids is 1. The highest BCUT2D eigenvalue weighted by Gasteiger charge is 2.01. The molecule has 5 heteroatoms.